The molecule has 1 saturated heterocycles. The minimum Gasteiger partial charge on any atom is -0.385 e. The van der Waals surface area contributed by atoms with Crippen molar-refractivity contribution in [2.75, 3.05) is 13.2 Å². The Morgan fingerprint density at radius 1 is 1.17 bits per heavy atom. The third-order valence-corrected chi connectivity index (χ3v) is 4.57. The summed E-state index contributed by atoms with van der Waals surface area (Å²) < 4.78 is 5.60. The standard InChI is InChI=1S/C16H22O2/c17-16(14-8-5-11-18-12-14)10-4-3-7-13-6-1-2-9-15(13)16/h1-2,6,9,14,17H,3-5,7-8,10-12H2. The zero-order valence-electron chi connectivity index (χ0n) is 10.9. The third-order valence-electron chi connectivity index (χ3n) is 4.57. The molecule has 1 heterocycles. The van der Waals surface area contributed by atoms with E-state index in [1.807, 2.05) is 0 Å². The summed E-state index contributed by atoms with van der Waals surface area (Å²) in [5.41, 5.74) is 1.84. The quantitative estimate of drug-likeness (QED) is 0.772. The molecule has 0 radical (unpaired) electrons. The first-order valence-corrected chi connectivity index (χ1v) is 7.19. The Labute approximate surface area is 109 Å². The van der Waals surface area contributed by atoms with Crippen LogP contribution in [0.2, 0.25) is 0 Å². The summed E-state index contributed by atoms with van der Waals surface area (Å²) in [7, 11) is 0. The Morgan fingerprint density at radius 2 is 2.06 bits per heavy atom. The molecule has 1 fully saturated rings. The molecule has 1 aliphatic carbocycles. The second-order valence-corrected chi connectivity index (χ2v) is 5.70. The molecule has 18 heavy (non-hydrogen) atoms. The molecule has 1 aromatic carbocycles. The van der Waals surface area contributed by atoms with E-state index in [9.17, 15) is 5.11 Å². The fourth-order valence-corrected chi connectivity index (χ4v) is 3.55. The highest BCUT2D eigenvalue weighted by molar-refractivity contribution is 5.34. The lowest BCUT2D eigenvalue weighted by atomic mass is 9.75. The first-order chi connectivity index (χ1) is 8.81. The molecule has 0 spiro atoms. The minimum atomic E-state index is -0.659. The van der Waals surface area contributed by atoms with E-state index in [1.165, 1.54) is 12.0 Å². The highest BCUT2D eigenvalue weighted by Crippen LogP contribution is 2.42. The van der Waals surface area contributed by atoms with Gasteiger partial charge >= 0.3 is 0 Å². The van der Waals surface area contributed by atoms with Crippen molar-refractivity contribution < 1.29 is 9.84 Å². The zero-order valence-corrected chi connectivity index (χ0v) is 10.9. The van der Waals surface area contributed by atoms with Crippen LogP contribution in [0.15, 0.2) is 24.3 Å². The molecule has 0 aromatic heterocycles. The lowest BCUT2D eigenvalue weighted by Crippen LogP contribution is -2.40. The van der Waals surface area contributed by atoms with E-state index in [0.29, 0.717) is 6.61 Å². The topological polar surface area (TPSA) is 29.5 Å². The average molecular weight is 246 g/mol. The summed E-state index contributed by atoms with van der Waals surface area (Å²) in [4.78, 5) is 0. The molecule has 2 nitrogen and oxygen atoms in total. The lowest BCUT2D eigenvalue weighted by molar-refractivity contribution is -0.0892. The molecule has 2 heteroatoms. The molecular weight excluding hydrogens is 224 g/mol. The molecule has 0 saturated carbocycles. The van der Waals surface area contributed by atoms with Crippen molar-refractivity contribution in [1.29, 1.82) is 0 Å². The van der Waals surface area contributed by atoms with Gasteiger partial charge in [0.05, 0.1) is 12.2 Å². The van der Waals surface area contributed by atoms with E-state index in [0.717, 1.165) is 44.3 Å². The first-order valence-electron chi connectivity index (χ1n) is 7.19. The van der Waals surface area contributed by atoms with Gasteiger partial charge in [-0.2, -0.15) is 0 Å². The smallest absolute Gasteiger partial charge is 0.0949 e. The summed E-state index contributed by atoms with van der Waals surface area (Å²) >= 11 is 0. The lowest BCUT2D eigenvalue weighted by Gasteiger charge is -2.39. The summed E-state index contributed by atoms with van der Waals surface area (Å²) in [5, 5.41) is 11.2. The van der Waals surface area contributed by atoms with Gasteiger partial charge in [0, 0.05) is 12.5 Å². The van der Waals surface area contributed by atoms with Gasteiger partial charge in [0.25, 0.3) is 0 Å². The van der Waals surface area contributed by atoms with E-state index in [4.69, 9.17) is 4.74 Å². The Kier molecular flexibility index (Phi) is 3.40. The van der Waals surface area contributed by atoms with Gasteiger partial charge in [-0.05, 0) is 49.7 Å². The number of aliphatic hydroxyl groups is 1. The van der Waals surface area contributed by atoms with Gasteiger partial charge < -0.3 is 9.84 Å². The van der Waals surface area contributed by atoms with Crippen LogP contribution in [0.5, 0.6) is 0 Å². The first kappa shape index (κ1) is 12.2. The summed E-state index contributed by atoms with van der Waals surface area (Å²) in [6, 6.07) is 8.44. The maximum absolute atomic E-state index is 11.2. The van der Waals surface area contributed by atoms with E-state index in [2.05, 4.69) is 24.3 Å². The van der Waals surface area contributed by atoms with Crippen molar-refractivity contribution in [3.8, 4) is 0 Å². The molecule has 2 atom stereocenters. The summed E-state index contributed by atoms with van der Waals surface area (Å²) in [6.07, 6.45) is 6.46. The molecule has 98 valence electrons. The van der Waals surface area contributed by atoms with Crippen molar-refractivity contribution in [2.45, 2.75) is 44.1 Å². The van der Waals surface area contributed by atoms with Crippen LogP contribution in [-0.2, 0) is 16.8 Å². The Morgan fingerprint density at radius 3 is 2.89 bits per heavy atom. The van der Waals surface area contributed by atoms with Crippen LogP contribution in [0.4, 0.5) is 0 Å². The van der Waals surface area contributed by atoms with Crippen LogP contribution < -0.4 is 0 Å². The third kappa shape index (κ3) is 2.08. The maximum atomic E-state index is 11.2. The zero-order chi connectivity index (χ0) is 12.4. The normalized spacial score (nSPS) is 32.6. The number of rotatable bonds is 1. The number of benzene rings is 1. The number of fused-ring (bicyclic) bond motifs is 1. The van der Waals surface area contributed by atoms with Crippen LogP contribution >= 0.6 is 0 Å². The van der Waals surface area contributed by atoms with Crippen molar-refractivity contribution >= 4 is 0 Å². The van der Waals surface area contributed by atoms with Crippen LogP contribution in [0.1, 0.15) is 43.2 Å². The highest BCUT2D eigenvalue weighted by atomic mass is 16.5. The predicted molar refractivity (Wildman–Crippen MR) is 71.4 cm³/mol. The van der Waals surface area contributed by atoms with E-state index >= 15 is 0 Å². The highest BCUT2D eigenvalue weighted by Gasteiger charge is 2.41. The van der Waals surface area contributed by atoms with Gasteiger partial charge in [-0.15, -0.1) is 0 Å². The van der Waals surface area contributed by atoms with E-state index in [1.54, 1.807) is 0 Å². The Balaban J connectivity index is 1.98. The number of hydrogen-bond acceptors (Lipinski definition) is 2. The maximum Gasteiger partial charge on any atom is 0.0949 e. The minimum absolute atomic E-state index is 0.269. The largest absolute Gasteiger partial charge is 0.385 e. The van der Waals surface area contributed by atoms with Crippen LogP contribution in [-0.4, -0.2) is 18.3 Å². The van der Waals surface area contributed by atoms with E-state index in [-0.39, 0.29) is 5.92 Å². The molecule has 2 unspecified atom stereocenters. The monoisotopic (exact) mass is 246 g/mol. The van der Waals surface area contributed by atoms with Gasteiger partial charge in [0.15, 0.2) is 0 Å². The number of ether oxygens (including phenoxy) is 1. The SMILES string of the molecule is OC1(C2CCCOC2)CCCCc2ccccc21. The van der Waals surface area contributed by atoms with Crippen molar-refractivity contribution in [3.05, 3.63) is 35.4 Å². The van der Waals surface area contributed by atoms with Crippen molar-refractivity contribution in [2.24, 2.45) is 5.92 Å². The van der Waals surface area contributed by atoms with Crippen LogP contribution in [0, 0.1) is 5.92 Å². The molecule has 2 aliphatic rings. The molecule has 1 N–H and O–H groups in total. The molecule has 1 aromatic rings. The molecule has 0 amide bonds. The molecule has 1 aliphatic heterocycles. The van der Waals surface area contributed by atoms with Gasteiger partial charge in [-0.25, -0.2) is 0 Å². The van der Waals surface area contributed by atoms with Gasteiger partial charge in [-0.3, -0.25) is 0 Å². The molecule has 3 rings (SSSR count). The van der Waals surface area contributed by atoms with Gasteiger partial charge in [-0.1, -0.05) is 24.3 Å². The fourth-order valence-electron chi connectivity index (χ4n) is 3.55. The Hall–Kier alpha value is -0.860. The van der Waals surface area contributed by atoms with Gasteiger partial charge in [0.2, 0.25) is 0 Å². The fraction of sp³-hybridized carbons (Fsp3) is 0.625. The number of hydrogen-bond donors (Lipinski definition) is 1. The summed E-state index contributed by atoms with van der Waals surface area (Å²) in [6.45, 7) is 1.57. The second-order valence-electron chi connectivity index (χ2n) is 5.70. The van der Waals surface area contributed by atoms with Crippen LogP contribution in [0.25, 0.3) is 0 Å². The Bertz CT molecular complexity index is 409. The molecular formula is C16H22O2. The van der Waals surface area contributed by atoms with Gasteiger partial charge in [0.1, 0.15) is 0 Å². The second kappa shape index (κ2) is 5.02. The predicted octanol–water partition coefficient (Wildman–Crippen LogP) is 3.03. The average Bonchev–Trinajstić information content (AvgIpc) is 2.61. The van der Waals surface area contributed by atoms with Crippen LogP contribution in [0.3, 0.4) is 0 Å². The van der Waals surface area contributed by atoms with Crippen molar-refractivity contribution in [1.82, 2.24) is 0 Å². The van der Waals surface area contributed by atoms with Crippen molar-refractivity contribution in [3.63, 3.8) is 0 Å². The molecule has 0 bridgehead atoms. The summed E-state index contributed by atoms with van der Waals surface area (Å²) in [5.74, 6) is 0.269. The van der Waals surface area contributed by atoms with E-state index < -0.39 is 5.60 Å². The number of aryl methyl sites for hydroxylation is 1.